The maximum absolute atomic E-state index is 5.96. The third kappa shape index (κ3) is 2.84. The van der Waals surface area contributed by atoms with Crippen molar-refractivity contribution < 1.29 is 4.74 Å². The zero-order valence-corrected chi connectivity index (χ0v) is 13.5. The van der Waals surface area contributed by atoms with E-state index in [1.807, 2.05) is 0 Å². The van der Waals surface area contributed by atoms with Crippen LogP contribution < -0.4 is 4.74 Å². The van der Waals surface area contributed by atoms with Crippen molar-refractivity contribution in [3.05, 3.63) is 29.3 Å². The summed E-state index contributed by atoms with van der Waals surface area (Å²) in [6.45, 7) is 4.33. The average Bonchev–Trinajstić information content (AvgIpc) is 2.71. The van der Waals surface area contributed by atoms with Crippen molar-refractivity contribution in [3.8, 4) is 5.75 Å². The first-order valence-electron chi connectivity index (χ1n) is 7.51. The van der Waals surface area contributed by atoms with Crippen LogP contribution in [0.25, 0.3) is 0 Å². The van der Waals surface area contributed by atoms with Gasteiger partial charge in [-0.1, -0.05) is 47.3 Å². The summed E-state index contributed by atoms with van der Waals surface area (Å²) in [5.74, 6) is 1.89. The van der Waals surface area contributed by atoms with Gasteiger partial charge in [0.1, 0.15) is 11.4 Å². The maximum Gasteiger partial charge on any atom is 0.123 e. The van der Waals surface area contributed by atoms with Crippen LogP contribution in [-0.4, -0.2) is 5.60 Å². The number of rotatable bonds is 2. The standard InChI is InChI=1S/C17H23BrO/c1-17(2)11-14-10-13(8-9-15(14)19-17)16(18)12-6-4-3-5-7-12/h8-10,12,16H,3-7,11H2,1-2H3. The minimum absolute atomic E-state index is 0.0341. The summed E-state index contributed by atoms with van der Waals surface area (Å²) in [5, 5.41) is 0. The predicted molar refractivity (Wildman–Crippen MR) is 83.1 cm³/mol. The van der Waals surface area contributed by atoms with E-state index >= 15 is 0 Å². The van der Waals surface area contributed by atoms with Gasteiger partial charge in [-0.2, -0.15) is 0 Å². The number of hydrogen-bond acceptors (Lipinski definition) is 1. The molecule has 1 aliphatic carbocycles. The normalized spacial score (nSPS) is 23.7. The molecule has 0 spiro atoms. The average molecular weight is 323 g/mol. The summed E-state index contributed by atoms with van der Waals surface area (Å²) in [6.07, 6.45) is 7.98. The Morgan fingerprint density at radius 1 is 1.21 bits per heavy atom. The highest BCUT2D eigenvalue weighted by molar-refractivity contribution is 9.09. The fraction of sp³-hybridized carbons (Fsp3) is 0.647. The van der Waals surface area contributed by atoms with Gasteiger partial charge in [0.15, 0.2) is 0 Å². The van der Waals surface area contributed by atoms with E-state index in [0.717, 1.165) is 18.1 Å². The van der Waals surface area contributed by atoms with E-state index in [2.05, 4.69) is 48.0 Å². The van der Waals surface area contributed by atoms with Crippen LogP contribution in [0.1, 0.15) is 61.9 Å². The quantitative estimate of drug-likeness (QED) is 0.661. The molecule has 0 radical (unpaired) electrons. The first-order chi connectivity index (χ1) is 9.05. The summed E-state index contributed by atoms with van der Waals surface area (Å²) in [6, 6.07) is 6.77. The summed E-state index contributed by atoms with van der Waals surface area (Å²) in [5.41, 5.74) is 2.78. The SMILES string of the molecule is CC1(C)Cc2cc(C(Br)C3CCCCC3)ccc2O1. The lowest BCUT2D eigenvalue weighted by molar-refractivity contribution is 0.138. The van der Waals surface area contributed by atoms with Crippen LogP contribution in [0.3, 0.4) is 0 Å². The molecule has 1 unspecified atom stereocenters. The Morgan fingerprint density at radius 2 is 1.95 bits per heavy atom. The molecule has 1 nitrogen and oxygen atoms in total. The Bertz CT molecular complexity index is 460. The molecule has 1 aromatic rings. The maximum atomic E-state index is 5.96. The molecule has 2 heteroatoms. The molecule has 1 aromatic carbocycles. The molecule has 0 aromatic heterocycles. The van der Waals surface area contributed by atoms with E-state index in [9.17, 15) is 0 Å². The Labute approximate surface area is 124 Å². The second-order valence-corrected chi connectivity index (χ2v) is 7.69. The van der Waals surface area contributed by atoms with Crippen molar-refractivity contribution in [2.45, 2.75) is 62.8 Å². The smallest absolute Gasteiger partial charge is 0.123 e. The van der Waals surface area contributed by atoms with Crippen LogP contribution in [0.4, 0.5) is 0 Å². The van der Waals surface area contributed by atoms with E-state index in [1.54, 1.807) is 0 Å². The Balaban J connectivity index is 1.79. The number of alkyl halides is 1. The van der Waals surface area contributed by atoms with E-state index in [4.69, 9.17) is 4.74 Å². The van der Waals surface area contributed by atoms with Crippen LogP contribution >= 0.6 is 15.9 Å². The first-order valence-corrected chi connectivity index (χ1v) is 8.43. The lowest BCUT2D eigenvalue weighted by Gasteiger charge is -2.26. The van der Waals surface area contributed by atoms with Gasteiger partial charge in [0, 0.05) is 11.2 Å². The van der Waals surface area contributed by atoms with Gasteiger partial charge in [0.2, 0.25) is 0 Å². The van der Waals surface area contributed by atoms with Crippen LogP contribution in [0.5, 0.6) is 5.75 Å². The van der Waals surface area contributed by atoms with E-state index in [1.165, 1.54) is 43.2 Å². The van der Waals surface area contributed by atoms with Crippen molar-refractivity contribution in [3.63, 3.8) is 0 Å². The summed E-state index contributed by atoms with van der Waals surface area (Å²) >= 11 is 3.94. The van der Waals surface area contributed by atoms with Crippen LogP contribution in [0.2, 0.25) is 0 Å². The van der Waals surface area contributed by atoms with Crippen molar-refractivity contribution in [2.24, 2.45) is 5.92 Å². The van der Waals surface area contributed by atoms with Crippen LogP contribution in [0.15, 0.2) is 18.2 Å². The number of hydrogen-bond donors (Lipinski definition) is 0. The van der Waals surface area contributed by atoms with Crippen molar-refractivity contribution in [1.82, 2.24) is 0 Å². The zero-order chi connectivity index (χ0) is 13.5. The lowest BCUT2D eigenvalue weighted by Crippen LogP contribution is -2.24. The molecule has 2 aliphatic rings. The molecule has 19 heavy (non-hydrogen) atoms. The van der Waals surface area contributed by atoms with E-state index in [0.29, 0.717) is 4.83 Å². The van der Waals surface area contributed by atoms with E-state index < -0.39 is 0 Å². The molecule has 3 rings (SSSR count). The minimum Gasteiger partial charge on any atom is -0.487 e. The highest BCUT2D eigenvalue weighted by atomic mass is 79.9. The molecule has 0 saturated heterocycles. The number of halogens is 1. The van der Waals surface area contributed by atoms with Gasteiger partial charge in [-0.3, -0.25) is 0 Å². The van der Waals surface area contributed by atoms with Gasteiger partial charge in [-0.25, -0.2) is 0 Å². The van der Waals surface area contributed by atoms with Gasteiger partial charge >= 0.3 is 0 Å². The topological polar surface area (TPSA) is 9.23 Å². The number of benzene rings is 1. The van der Waals surface area contributed by atoms with Gasteiger partial charge in [0.25, 0.3) is 0 Å². The lowest BCUT2D eigenvalue weighted by atomic mass is 9.84. The molecule has 0 bridgehead atoms. The van der Waals surface area contributed by atoms with Gasteiger partial charge in [-0.05, 0) is 49.8 Å². The van der Waals surface area contributed by atoms with Crippen molar-refractivity contribution in [1.29, 1.82) is 0 Å². The van der Waals surface area contributed by atoms with Gasteiger partial charge in [0.05, 0.1) is 0 Å². The van der Waals surface area contributed by atoms with Crippen LogP contribution in [0, 0.1) is 5.92 Å². The first kappa shape index (κ1) is 13.5. The largest absolute Gasteiger partial charge is 0.487 e. The zero-order valence-electron chi connectivity index (χ0n) is 11.9. The highest BCUT2D eigenvalue weighted by Gasteiger charge is 2.31. The van der Waals surface area contributed by atoms with Crippen molar-refractivity contribution >= 4 is 15.9 Å². The van der Waals surface area contributed by atoms with E-state index in [-0.39, 0.29) is 5.60 Å². The Kier molecular flexibility index (Phi) is 3.63. The molecule has 1 aliphatic heterocycles. The fourth-order valence-electron chi connectivity index (χ4n) is 3.50. The molecule has 1 fully saturated rings. The molecular weight excluding hydrogens is 300 g/mol. The summed E-state index contributed by atoms with van der Waals surface area (Å²) in [7, 11) is 0. The Hall–Kier alpha value is -0.500. The van der Waals surface area contributed by atoms with Gasteiger partial charge < -0.3 is 4.74 Å². The molecular formula is C17H23BrO. The number of fused-ring (bicyclic) bond motifs is 1. The molecule has 1 atom stereocenters. The highest BCUT2D eigenvalue weighted by Crippen LogP contribution is 2.43. The Morgan fingerprint density at radius 3 is 2.68 bits per heavy atom. The molecule has 1 heterocycles. The molecule has 0 N–H and O–H groups in total. The second kappa shape index (κ2) is 5.12. The number of ether oxygens (including phenoxy) is 1. The minimum atomic E-state index is -0.0341. The third-order valence-electron chi connectivity index (χ3n) is 4.47. The molecule has 104 valence electrons. The van der Waals surface area contributed by atoms with Crippen molar-refractivity contribution in [2.75, 3.05) is 0 Å². The third-order valence-corrected chi connectivity index (χ3v) is 5.75. The fourth-order valence-corrected chi connectivity index (χ4v) is 4.31. The van der Waals surface area contributed by atoms with Crippen LogP contribution in [-0.2, 0) is 6.42 Å². The van der Waals surface area contributed by atoms with Gasteiger partial charge in [-0.15, -0.1) is 0 Å². The summed E-state index contributed by atoms with van der Waals surface area (Å²) in [4.78, 5) is 0.516. The second-order valence-electron chi connectivity index (χ2n) is 6.71. The predicted octanol–water partition coefficient (Wildman–Crippen LogP) is 5.42. The molecule has 0 amide bonds. The molecule has 1 saturated carbocycles. The summed E-state index contributed by atoms with van der Waals surface area (Å²) < 4.78 is 5.96. The monoisotopic (exact) mass is 322 g/mol.